The largest absolute Gasteiger partial charge is 0.454 e. The lowest BCUT2D eigenvalue weighted by atomic mass is 10.1. The molecule has 0 bridgehead atoms. The highest BCUT2D eigenvalue weighted by atomic mass is 16.5. The molecule has 13 heavy (non-hydrogen) atoms. The normalized spacial score (nSPS) is 12.5. The van der Waals surface area contributed by atoms with Gasteiger partial charge in [0.05, 0.1) is 0 Å². The summed E-state index contributed by atoms with van der Waals surface area (Å²) in [5.41, 5.74) is 0. The Hall–Kier alpha value is -0.530. The summed E-state index contributed by atoms with van der Waals surface area (Å²) in [6.07, 6.45) is 8.31. The van der Waals surface area contributed by atoms with Gasteiger partial charge in [-0.2, -0.15) is 0 Å². The first-order chi connectivity index (χ1) is 6.35. The Morgan fingerprint density at radius 3 is 2.38 bits per heavy atom. The summed E-state index contributed by atoms with van der Waals surface area (Å²) in [5.74, 6) is 0. The van der Waals surface area contributed by atoms with Crippen LogP contribution in [-0.4, -0.2) is 12.6 Å². The third kappa shape index (κ3) is 7.82. The van der Waals surface area contributed by atoms with Crippen LogP contribution < -0.4 is 0 Å². The predicted octanol–water partition coefficient (Wildman–Crippen LogP) is 3.21. The highest BCUT2D eigenvalue weighted by Crippen LogP contribution is 2.10. The molecular weight excluding hydrogens is 164 g/mol. The Bertz CT molecular complexity index is 113. The molecule has 0 amide bonds. The Morgan fingerprint density at radius 2 is 1.85 bits per heavy atom. The summed E-state index contributed by atoms with van der Waals surface area (Å²) in [7, 11) is 0. The molecule has 0 aliphatic heterocycles. The van der Waals surface area contributed by atoms with Crippen LogP contribution in [0.1, 0.15) is 58.8 Å². The number of ether oxygens (including phenoxy) is 1. The number of carbonyl (C=O) groups excluding carboxylic acids is 1. The van der Waals surface area contributed by atoms with E-state index >= 15 is 0 Å². The average Bonchev–Trinajstić information content (AvgIpc) is 2.16. The molecule has 0 fully saturated rings. The van der Waals surface area contributed by atoms with Crippen molar-refractivity contribution in [3.63, 3.8) is 0 Å². The van der Waals surface area contributed by atoms with Crippen molar-refractivity contribution in [2.24, 2.45) is 0 Å². The highest BCUT2D eigenvalue weighted by molar-refractivity contribution is 5.38. The maximum absolute atomic E-state index is 9.96. The molecule has 1 unspecified atom stereocenters. The van der Waals surface area contributed by atoms with Crippen LogP contribution in [0.25, 0.3) is 0 Å². The van der Waals surface area contributed by atoms with E-state index in [0.29, 0.717) is 0 Å². The second-order valence-electron chi connectivity index (χ2n) is 3.43. The van der Waals surface area contributed by atoms with E-state index in [1.54, 1.807) is 0 Å². The lowest BCUT2D eigenvalue weighted by Crippen LogP contribution is -2.10. The van der Waals surface area contributed by atoms with Crippen molar-refractivity contribution in [3.8, 4) is 0 Å². The Labute approximate surface area is 81.7 Å². The summed E-state index contributed by atoms with van der Waals surface area (Å²) < 4.78 is 4.79. The second kappa shape index (κ2) is 9.56. The molecule has 0 spiro atoms. The van der Waals surface area contributed by atoms with Gasteiger partial charge in [0.2, 0.25) is 0 Å². The summed E-state index contributed by atoms with van der Waals surface area (Å²) in [6, 6.07) is 0. The lowest BCUT2D eigenvalue weighted by Gasteiger charge is -2.11. The number of rotatable bonds is 9. The molecule has 0 N–H and O–H groups in total. The quantitative estimate of drug-likeness (QED) is 0.515. The fraction of sp³-hybridized carbons (Fsp3) is 0.909. The zero-order valence-electron chi connectivity index (χ0n) is 8.84. The molecule has 1 radical (unpaired) electrons. The van der Waals surface area contributed by atoms with Gasteiger partial charge in [-0.05, 0) is 19.3 Å². The summed E-state index contributed by atoms with van der Waals surface area (Å²) in [4.78, 5) is 9.96. The fourth-order valence-electron chi connectivity index (χ4n) is 1.39. The first kappa shape index (κ1) is 12.5. The van der Waals surface area contributed by atoms with Crippen molar-refractivity contribution >= 4 is 6.47 Å². The molecule has 0 saturated carbocycles. The van der Waals surface area contributed by atoms with Crippen LogP contribution in [0.2, 0.25) is 0 Å². The van der Waals surface area contributed by atoms with Crippen molar-refractivity contribution < 1.29 is 9.53 Å². The maximum atomic E-state index is 9.96. The highest BCUT2D eigenvalue weighted by Gasteiger charge is 2.05. The van der Waals surface area contributed by atoms with Gasteiger partial charge >= 0.3 is 6.47 Å². The molecule has 0 saturated heterocycles. The topological polar surface area (TPSA) is 26.3 Å². The second-order valence-corrected chi connectivity index (χ2v) is 3.43. The molecule has 2 heteroatoms. The van der Waals surface area contributed by atoms with Gasteiger partial charge in [0.15, 0.2) is 0 Å². The third-order valence-electron chi connectivity index (χ3n) is 2.30. The smallest absolute Gasteiger partial charge is 0.417 e. The Morgan fingerprint density at radius 1 is 1.15 bits per heavy atom. The van der Waals surface area contributed by atoms with E-state index in [-0.39, 0.29) is 6.10 Å². The van der Waals surface area contributed by atoms with Crippen LogP contribution in [0, 0.1) is 0 Å². The average molecular weight is 185 g/mol. The van der Waals surface area contributed by atoms with E-state index in [0.717, 1.165) is 12.8 Å². The Balaban J connectivity index is 3.22. The first-order valence-electron chi connectivity index (χ1n) is 5.37. The standard InChI is InChI=1S/C11H21O2/c1-3-5-6-7-8-9-11(4-2)13-10-12/h11H,3-9H2,1-2H3. The van der Waals surface area contributed by atoms with Crippen LogP contribution in [-0.2, 0) is 9.53 Å². The van der Waals surface area contributed by atoms with Gasteiger partial charge in [-0.15, -0.1) is 0 Å². The minimum atomic E-state index is 0.0964. The van der Waals surface area contributed by atoms with Crippen molar-refractivity contribution in [1.29, 1.82) is 0 Å². The van der Waals surface area contributed by atoms with E-state index in [9.17, 15) is 4.79 Å². The van der Waals surface area contributed by atoms with Crippen LogP contribution in [0.3, 0.4) is 0 Å². The van der Waals surface area contributed by atoms with Gasteiger partial charge in [0.25, 0.3) is 0 Å². The molecule has 0 aromatic rings. The molecule has 0 aliphatic carbocycles. The molecule has 0 aromatic heterocycles. The van der Waals surface area contributed by atoms with Gasteiger partial charge in [-0.3, -0.25) is 0 Å². The summed E-state index contributed by atoms with van der Waals surface area (Å²) in [5, 5.41) is 0. The van der Waals surface area contributed by atoms with E-state index in [1.807, 2.05) is 6.92 Å². The zero-order chi connectivity index (χ0) is 9.94. The minimum absolute atomic E-state index is 0.0964. The molecular formula is C11H21O2. The Kier molecular flexibility index (Phi) is 9.17. The molecule has 0 aromatic carbocycles. The molecule has 2 nitrogen and oxygen atoms in total. The maximum Gasteiger partial charge on any atom is 0.417 e. The van der Waals surface area contributed by atoms with Crippen molar-refractivity contribution in [1.82, 2.24) is 0 Å². The minimum Gasteiger partial charge on any atom is -0.454 e. The lowest BCUT2D eigenvalue weighted by molar-refractivity contribution is 0.159. The van der Waals surface area contributed by atoms with E-state index in [4.69, 9.17) is 4.74 Å². The first-order valence-corrected chi connectivity index (χ1v) is 5.37. The van der Waals surface area contributed by atoms with Gasteiger partial charge < -0.3 is 4.74 Å². The van der Waals surface area contributed by atoms with Gasteiger partial charge in [0.1, 0.15) is 6.10 Å². The van der Waals surface area contributed by atoms with Crippen LogP contribution in [0.4, 0.5) is 0 Å². The van der Waals surface area contributed by atoms with Gasteiger partial charge in [-0.25, -0.2) is 4.79 Å². The number of hydrogen-bond acceptors (Lipinski definition) is 2. The monoisotopic (exact) mass is 185 g/mol. The van der Waals surface area contributed by atoms with E-state index < -0.39 is 0 Å². The molecule has 0 aliphatic rings. The third-order valence-corrected chi connectivity index (χ3v) is 2.30. The van der Waals surface area contributed by atoms with Gasteiger partial charge in [-0.1, -0.05) is 39.5 Å². The van der Waals surface area contributed by atoms with Crippen molar-refractivity contribution in [2.45, 2.75) is 64.9 Å². The van der Waals surface area contributed by atoms with E-state index in [1.165, 1.54) is 38.6 Å². The summed E-state index contributed by atoms with van der Waals surface area (Å²) in [6.45, 7) is 5.76. The fourth-order valence-corrected chi connectivity index (χ4v) is 1.39. The predicted molar refractivity (Wildman–Crippen MR) is 54.2 cm³/mol. The molecule has 1 atom stereocenters. The number of hydrogen-bond donors (Lipinski definition) is 0. The van der Waals surface area contributed by atoms with Crippen LogP contribution >= 0.6 is 0 Å². The molecule has 0 rings (SSSR count). The SMILES string of the molecule is CCCCCCCC(CC)O[C]=O. The van der Waals surface area contributed by atoms with Crippen molar-refractivity contribution in [2.75, 3.05) is 0 Å². The number of unbranched alkanes of at least 4 members (excludes halogenated alkanes) is 4. The zero-order valence-corrected chi connectivity index (χ0v) is 8.84. The van der Waals surface area contributed by atoms with Crippen LogP contribution in [0.15, 0.2) is 0 Å². The molecule has 0 heterocycles. The van der Waals surface area contributed by atoms with E-state index in [2.05, 4.69) is 6.92 Å². The van der Waals surface area contributed by atoms with Crippen LogP contribution in [0.5, 0.6) is 0 Å². The van der Waals surface area contributed by atoms with Crippen molar-refractivity contribution in [3.05, 3.63) is 0 Å². The van der Waals surface area contributed by atoms with Gasteiger partial charge in [0, 0.05) is 0 Å². The summed E-state index contributed by atoms with van der Waals surface area (Å²) >= 11 is 0. The molecule has 77 valence electrons.